The van der Waals surface area contributed by atoms with Crippen molar-refractivity contribution in [2.75, 3.05) is 5.32 Å². The molecular weight excluding hydrogens is 295 g/mol. The normalized spacial score (nSPS) is 10.0. The smallest absolute Gasteiger partial charge is 0.247 e. The Balaban J connectivity index is 2.02. The molecule has 1 amide bonds. The zero-order valence-corrected chi connectivity index (χ0v) is 11.7. The molecule has 4 nitrogen and oxygen atoms in total. The summed E-state index contributed by atoms with van der Waals surface area (Å²) in [6.07, 6.45) is 2.66. The number of benzene rings is 1. The van der Waals surface area contributed by atoms with Crippen LogP contribution in [0.15, 0.2) is 49.2 Å². The van der Waals surface area contributed by atoms with Crippen molar-refractivity contribution in [3.63, 3.8) is 0 Å². The molecule has 0 spiro atoms. The predicted octanol–water partition coefficient (Wildman–Crippen LogP) is 3.58. The van der Waals surface area contributed by atoms with Crippen LogP contribution in [0.1, 0.15) is 5.56 Å². The van der Waals surface area contributed by atoms with Gasteiger partial charge in [-0.2, -0.15) is 0 Å². The van der Waals surface area contributed by atoms with Crippen LogP contribution in [0, 0.1) is 5.82 Å². The standard InChI is InChI=1S/C15H12ClFN2O2/c1-2-15(20)19-11-4-5-13(12(17)7-11)21-9-10-3-6-14(16)18-8-10/h2-8H,1,9H2,(H,19,20). The maximum atomic E-state index is 13.8. The van der Waals surface area contributed by atoms with E-state index in [9.17, 15) is 9.18 Å². The summed E-state index contributed by atoms with van der Waals surface area (Å²) in [6.45, 7) is 3.49. The highest BCUT2D eigenvalue weighted by atomic mass is 35.5. The minimum atomic E-state index is -0.571. The van der Waals surface area contributed by atoms with E-state index in [1.165, 1.54) is 12.1 Å². The zero-order chi connectivity index (χ0) is 15.2. The van der Waals surface area contributed by atoms with Crippen molar-refractivity contribution in [2.24, 2.45) is 0 Å². The van der Waals surface area contributed by atoms with Crippen LogP contribution >= 0.6 is 11.6 Å². The number of anilines is 1. The number of hydrogen-bond donors (Lipinski definition) is 1. The molecule has 1 aromatic heterocycles. The number of hydrogen-bond acceptors (Lipinski definition) is 3. The van der Waals surface area contributed by atoms with Crippen molar-refractivity contribution in [1.29, 1.82) is 0 Å². The molecule has 0 saturated carbocycles. The predicted molar refractivity (Wildman–Crippen MR) is 78.8 cm³/mol. The molecule has 2 rings (SSSR count). The highest BCUT2D eigenvalue weighted by Gasteiger charge is 2.06. The lowest BCUT2D eigenvalue weighted by Gasteiger charge is -2.09. The van der Waals surface area contributed by atoms with Crippen LogP contribution in [0.25, 0.3) is 0 Å². The summed E-state index contributed by atoms with van der Waals surface area (Å²) in [5, 5.41) is 2.84. The molecule has 0 aliphatic carbocycles. The molecule has 0 bridgehead atoms. The van der Waals surface area contributed by atoms with Crippen LogP contribution in [0.5, 0.6) is 5.75 Å². The minimum absolute atomic E-state index is 0.0848. The van der Waals surface area contributed by atoms with E-state index >= 15 is 0 Å². The molecule has 2 aromatic rings. The molecule has 6 heteroatoms. The van der Waals surface area contributed by atoms with Gasteiger partial charge >= 0.3 is 0 Å². The topological polar surface area (TPSA) is 51.2 Å². The van der Waals surface area contributed by atoms with Gasteiger partial charge < -0.3 is 10.1 Å². The fourth-order valence-electron chi connectivity index (χ4n) is 1.54. The number of ether oxygens (including phenoxy) is 1. The van der Waals surface area contributed by atoms with Gasteiger partial charge in [0.05, 0.1) is 0 Å². The number of nitrogens with one attached hydrogen (secondary N) is 1. The quantitative estimate of drug-likeness (QED) is 0.678. The fourth-order valence-corrected chi connectivity index (χ4v) is 1.65. The van der Waals surface area contributed by atoms with Crippen molar-refractivity contribution in [1.82, 2.24) is 4.98 Å². The molecule has 0 unspecified atom stereocenters. The van der Waals surface area contributed by atoms with Crippen molar-refractivity contribution in [3.05, 3.63) is 65.7 Å². The molecule has 21 heavy (non-hydrogen) atoms. The molecular formula is C15H12ClFN2O2. The number of pyridine rings is 1. The van der Waals surface area contributed by atoms with Crippen LogP contribution in [0.4, 0.5) is 10.1 Å². The second-order valence-electron chi connectivity index (χ2n) is 4.12. The molecule has 1 aromatic carbocycles. The van der Waals surface area contributed by atoms with Crippen molar-refractivity contribution >= 4 is 23.2 Å². The SMILES string of the molecule is C=CC(=O)Nc1ccc(OCc2ccc(Cl)nc2)c(F)c1. The molecule has 108 valence electrons. The fraction of sp³-hybridized carbons (Fsp3) is 0.0667. The Morgan fingerprint density at radius 1 is 1.43 bits per heavy atom. The maximum absolute atomic E-state index is 13.8. The van der Waals surface area contributed by atoms with Crippen LogP contribution in [0.2, 0.25) is 5.15 Å². The second-order valence-corrected chi connectivity index (χ2v) is 4.50. The number of amides is 1. The third kappa shape index (κ3) is 4.29. The highest BCUT2D eigenvalue weighted by molar-refractivity contribution is 6.29. The van der Waals surface area contributed by atoms with E-state index in [1.807, 2.05) is 0 Å². The molecule has 0 atom stereocenters. The van der Waals surface area contributed by atoms with Gasteiger partial charge in [0.15, 0.2) is 11.6 Å². The summed E-state index contributed by atoms with van der Waals surface area (Å²) in [5.41, 5.74) is 1.10. The van der Waals surface area contributed by atoms with E-state index in [2.05, 4.69) is 16.9 Å². The van der Waals surface area contributed by atoms with Gasteiger partial charge in [0.2, 0.25) is 5.91 Å². The first-order valence-electron chi connectivity index (χ1n) is 6.04. The van der Waals surface area contributed by atoms with E-state index < -0.39 is 11.7 Å². The Morgan fingerprint density at radius 2 is 2.24 bits per heavy atom. The molecule has 1 heterocycles. The van der Waals surface area contributed by atoms with Gasteiger partial charge in [-0.1, -0.05) is 24.2 Å². The summed E-state index contributed by atoms with van der Waals surface area (Å²) < 4.78 is 19.2. The third-order valence-corrected chi connectivity index (χ3v) is 2.79. The van der Waals surface area contributed by atoms with Crippen LogP contribution < -0.4 is 10.1 Å². The second kappa shape index (κ2) is 6.85. The number of nitrogens with zero attached hydrogens (tertiary/aromatic N) is 1. The van der Waals surface area contributed by atoms with E-state index in [1.54, 1.807) is 24.4 Å². The Bertz CT molecular complexity index is 659. The monoisotopic (exact) mass is 306 g/mol. The summed E-state index contributed by atoms with van der Waals surface area (Å²) >= 11 is 5.67. The lowest BCUT2D eigenvalue weighted by atomic mass is 10.2. The van der Waals surface area contributed by atoms with Crippen molar-refractivity contribution < 1.29 is 13.9 Å². The number of carbonyl (C=O) groups is 1. The minimum Gasteiger partial charge on any atom is -0.486 e. The number of carbonyl (C=O) groups excluding carboxylic acids is 1. The molecule has 0 aliphatic rings. The van der Waals surface area contributed by atoms with E-state index in [0.717, 1.165) is 11.6 Å². The average Bonchev–Trinajstić information content (AvgIpc) is 2.48. The summed E-state index contributed by atoms with van der Waals surface area (Å²) in [5.74, 6) is -0.893. The van der Waals surface area contributed by atoms with Crippen LogP contribution in [-0.4, -0.2) is 10.9 Å². The van der Waals surface area contributed by atoms with Gasteiger partial charge in [-0.05, 0) is 24.3 Å². The Labute approximate surface area is 126 Å². The van der Waals surface area contributed by atoms with E-state index in [0.29, 0.717) is 10.8 Å². The Morgan fingerprint density at radius 3 is 2.86 bits per heavy atom. The van der Waals surface area contributed by atoms with Gasteiger partial charge in [0, 0.05) is 23.5 Å². The first-order valence-corrected chi connectivity index (χ1v) is 6.42. The lowest BCUT2D eigenvalue weighted by molar-refractivity contribution is -0.111. The zero-order valence-electron chi connectivity index (χ0n) is 11.0. The summed E-state index contributed by atoms with van der Waals surface area (Å²) in [4.78, 5) is 15.0. The summed E-state index contributed by atoms with van der Waals surface area (Å²) in [7, 11) is 0. The highest BCUT2D eigenvalue weighted by Crippen LogP contribution is 2.22. The van der Waals surface area contributed by atoms with Gasteiger partial charge in [-0.25, -0.2) is 9.37 Å². The van der Waals surface area contributed by atoms with E-state index in [-0.39, 0.29) is 12.4 Å². The van der Waals surface area contributed by atoms with Gasteiger partial charge in [-0.3, -0.25) is 4.79 Å². The maximum Gasteiger partial charge on any atom is 0.247 e. The van der Waals surface area contributed by atoms with Gasteiger partial charge in [0.25, 0.3) is 0 Å². The average molecular weight is 307 g/mol. The molecule has 0 fully saturated rings. The summed E-state index contributed by atoms with van der Waals surface area (Å²) in [6, 6.07) is 7.53. The molecule has 0 radical (unpaired) electrons. The molecule has 0 aliphatic heterocycles. The number of aromatic nitrogens is 1. The number of rotatable bonds is 5. The third-order valence-electron chi connectivity index (χ3n) is 2.57. The van der Waals surface area contributed by atoms with Crippen molar-refractivity contribution in [2.45, 2.75) is 6.61 Å². The van der Waals surface area contributed by atoms with Gasteiger partial charge in [-0.15, -0.1) is 0 Å². The van der Waals surface area contributed by atoms with E-state index in [4.69, 9.17) is 16.3 Å². The number of halogens is 2. The first kappa shape index (κ1) is 15.0. The largest absolute Gasteiger partial charge is 0.486 e. The van der Waals surface area contributed by atoms with Gasteiger partial charge in [0.1, 0.15) is 11.8 Å². The van der Waals surface area contributed by atoms with Crippen LogP contribution in [-0.2, 0) is 11.4 Å². The first-order chi connectivity index (χ1) is 10.1. The molecule has 0 saturated heterocycles. The Kier molecular flexibility index (Phi) is 4.90. The lowest BCUT2D eigenvalue weighted by Crippen LogP contribution is -2.07. The molecule has 1 N–H and O–H groups in total. The van der Waals surface area contributed by atoms with Crippen LogP contribution in [0.3, 0.4) is 0 Å². The van der Waals surface area contributed by atoms with Crippen molar-refractivity contribution in [3.8, 4) is 5.75 Å². The Hall–Kier alpha value is -2.40.